The van der Waals surface area contributed by atoms with Gasteiger partial charge < -0.3 is 15.2 Å². The van der Waals surface area contributed by atoms with Crippen molar-refractivity contribution in [2.75, 3.05) is 11.1 Å². The minimum atomic E-state index is -0.556. The first-order valence-electron chi connectivity index (χ1n) is 9.65. The summed E-state index contributed by atoms with van der Waals surface area (Å²) < 4.78 is 15.1. The lowest BCUT2D eigenvalue weighted by atomic mass is 10.2. The SMILES string of the molecule is CCn1c(SCC(=O)Nc2ccc(F)c(Cl)c2)nnc1[C@H](C)NC(=O)c1ccc(Cl)cc1. The smallest absolute Gasteiger partial charge is 0.251 e. The van der Waals surface area contributed by atoms with Gasteiger partial charge in [-0.25, -0.2) is 4.39 Å². The van der Waals surface area contributed by atoms with Gasteiger partial charge in [0.25, 0.3) is 5.91 Å². The van der Waals surface area contributed by atoms with Crippen LogP contribution in [-0.4, -0.2) is 32.3 Å². The van der Waals surface area contributed by atoms with Crippen LogP contribution < -0.4 is 10.6 Å². The molecule has 0 aliphatic carbocycles. The van der Waals surface area contributed by atoms with Gasteiger partial charge in [-0.15, -0.1) is 10.2 Å². The van der Waals surface area contributed by atoms with Crippen LogP contribution in [0.5, 0.6) is 0 Å². The number of halogens is 3. The molecule has 0 fully saturated rings. The number of rotatable bonds is 8. The highest BCUT2D eigenvalue weighted by Crippen LogP contribution is 2.23. The number of nitrogens with one attached hydrogen (secondary N) is 2. The van der Waals surface area contributed by atoms with E-state index in [-0.39, 0.29) is 22.6 Å². The van der Waals surface area contributed by atoms with Crippen LogP contribution in [0.1, 0.15) is 36.1 Å². The maximum absolute atomic E-state index is 13.2. The first kappa shape index (κ1) is 24.0. The van der Waals surface area contributed by atoms with Crippen LogP contribution >= 0.6 is 35.0 Å². The molecule has 2 N–H and O–H groups in total. The van der Waals surface area contributed by atoms with E-state index in [1.54, 1.807) is 24.3 Å². The van der Waals surface area contributed by atoms with Crippen LogP contribution in [0.15, 0.2) is 47.6 Å². The number of aromatic nitrogens is 3. The fraction of sp³-hybridized carbons (Fsp3) is 0.238. The van der Waals surface area contributed by atoms with Gasteiger partial charge in [-0.3, -0.25) is 9.59 Å². The highest BCUT2D eigenvalue weighted by atomic mass is 35.5. The van der Waals surface area contributed by atoms with E-state index < -0.39 is 11.9 Å². The molecule has 32 heavy (non-hydrogen) atoms. The quantitative estimate of drug-likeness (QED) is 0.430. The molecule has 7 nitrogen and oxygen atoms in total. The van der Waals surface area contributed by atoms with Crippen molar-refractivity contribution < 1.29 is 14.0 Å². The van der Waals surface area contributed by atoms with Gasteiger partial charge in [-0.2, -0.15) is 0 Å². The van der Waals surface area contributed by atoms with Crippen LogP contribution in [0.25, 0.3) is 0 Å². The summed E-state index contributed by atoms with van der Waals surface area (Å²) in [6, 6.07) is 10.1. The predicted molar refractivity (Wildman–Crippen MR) is 124 cm³/mol. The fourth-order valence-electron chi connectivity index (χ4n) is 2.87. The molecule has 0 radical (unpaired) electrons. The van der Waals surface area contributed by atoms with E-state index >= 15 is 0 Å². The van der Waals surface area contributed by atoms with Gasteiger partial charge in [-0.1, -0.05) is 35.0 Å². The minimum Gasteiger partial charge on any atom is -0.342 e. The standard InChI is InChI=1S/C21H20Cl2FN5O2S/c1-3-29-19(12(2)25-20(31)13-4-6-14(22)7-5-13)27-28-21(29)32-11-18(30)26-15-8-9-17(24)16(23)10-15/h4-10,12H,3,11H2,1-2H3,(H,25,31)(H,26,30)/t12-/m0/s1. The first-order chi connectivity index (χ1) is 15.3. The molecule has 168 valence electrons. The molecule has 2 aromatic carbocycles. The Morgan fingerprint density at radius 1 is 1.16 bits per heavy atom. The van der Waals surface area contributed by atoms with E-state index in [4.69, 9.17) is 23.2 Å². The van der Waals surface area contributed by atoms with E-state index in [0.29, 0.717) is 33.8 Å². The van der Waals surface area contributed by atoms with Crippen molar-refractivity contribution in [2.45, 2.75) is 31.6 Å². The summed E-state index contributed by atoms with van der Waals surface area (Å²) in [6.45, 7) is 4.29. The third kappa shape index (κ3) is 5.99. The maximum Gasteiger partial charge on any atom is 0.251 e. The molecule has 2 amide bonds. The molecule has 0 spiro atoms. The highest BCUT2D eigenvalue weighted by molar-refractivity contribution is 7.99. The topological polar surface area (TPSA) is 88.9 Å². The van der Waals surface area contributed by atoms with Crippen LogP contribution in [0.3, 0.4) is 0 Å². The van der Waals surface area contributed by atoms with Gasteiger partial charge >= 0.3 is 0 Å². The average molecular weight is 496 g/mol. The van der Waals surface area contributed by atoms with Crippen LogP contribution in [0.4, 0.5) is 10.1 Å². The largest absolute Gasteiger partial charge is 0.342 e. The molecule has 0 unspecified atom stereocenters. The number of thioether (sulfide) groups is 1. The highest BCUT2D eigenvalue weighted by Gasteiger charge is 2.20. The van der Waals surface area contributed by atoms with E-state index in [0.717, 1.165) is 0 Å². The number of amides is 2. The minimum absolute atomic E-state index is 0.0681. The second kappa shape index (κ2) is 10.8. The number of carbonyl (C=O) groups excluding carboxylic acids is 2. The normalized spacial score (nSPS) is 11.8. The zero-order valence-electron chi connectivity index (χ0n) is 17.2. The molecule has 0 bridgehead atoms. The molecular formula is C21H20Cl2FN5O2S. The van der Waals surface area contributed by atoms with Crippen molar-refractivity contribution in [1.82, 2.24) is 20.1 Å². The van der Waals surface area contributed by atoms with E-state index in [1.165, 1.54) is 30.0 Å². The van der Waals surface area contributed by atoms with Crippen LogP contribution in [0, 0.1) is 5.82 Å². The fourth-order valence-corrected chi connectivity index (χ4v) is 3.99. The monoisotopic (exact) mass is 495 g/mol. The van der Waals surface area contributed by atoms with Crippen molar-refractivity contribution in [1.29, 1.82) is 0 Å². The second-order valence-corrected chi connectivity index (χ2v) is 8.54. The summed E-state index contributed by atoms with van der Waals surface area (Å²) >= 11 is 12.8. The molecule has 1 heterocycles. The van der Waals surface area contributed by atoms with Gasteiger partial charge in [0.05, 0.1) is 16.8 Å². The Bertz CT molecular complexity index is 1120. The number of benzene rings is 2. The van der Waals surface area contributed by atoms with E-state index in [9.17, 15) is 14.0 Å². The van der Waals surface area contributed by atoms with Crippen molar-refractivity contribution in [3.8, 4) is 0 Å². The van der Waals surface area contributed by atoms with Gasteiger partial charge in [0, 0.05) is 22.8 Å². The maximum atomic E-state index is 13.2. The molecule has 1 aromatic heterocycles. The number of anilines is 1. The lowest BCUT2D eigenvalue weighted by Gasteiger charge is -2.15. The number of carbonyl (C=O) groups is 2. The Balaban J connectivity index is 1.62. The zero-order chi connectivity index (χ0) is 23.3. The van der Waals surface area contributed by atoms with Crippen molar-refractivity contribution in [3.05, 3.63) is 69.7 Å². The summed E-state index contributed by atoms with van der Waals surface area (Å²) in [7, 11) is 0. The second-order valence-electron chi connectivity index (χ2n) is 6.75. The van der Waals surface area contributed by atoms with E-state index in [2.05, 4.69) is 20.8 Å². The Morgan fingerprint density at radius 3 is 2.53 bits per heavy atom. The number of hydrogen-bond acceptors (Lipinski definition) is 5. The summed E-state index contributed by atoms with van der Waals surface area (Å²) in [4.78, 5) is 24.7. The Kier molecular flexibility index (Phi) is 8.11. The number of hydrogen-bond donors (Lipinski definition) is 2. The molecular weight excluding hydrogens is 476 g/mol. The van der Waals surface area contributed by atoms with Crippen LogP contribution in [0.2, 0.25) is 10.0 Å². The molecule has 0 aliphatic rings. The van der Waals surface area contributed by atoms with Crippen molar-refractivity contribution in [2.24, 2.45) is 0 Å². The summed E-state index contributed by atoms with van der Waals surface area (Å²) in [6.07, 6.45) is 0. The molecule has 3 rings (SSSR count). The van der Waals surface area contributed by atoms with Crippen LogP contribution in [-0.2, 0) is 11.3 Å². The molecule has 1 atom stereocenters. The number of nitrogens with zero attached hydrogens (tertiary/aromatic N) is 3. The third-order valence-corrected chi connectivity index (χ3v) is 5.95. The Morgan fingerprint density at radius 2 is 1.88 bits per heavy atom. The Hall–Kier alpha value is -2.62. The molecule has 0 aliphatic heterocycles. The zero-order valence-corrected chi connectivity index (χ0v) is 19.6. The molecule has 3 aromatic rings. The molecule has 11 heteroatoms. The van der Waals surface area contributed by atoms with Gasteiger partial charge in [0.2, 0.25) is 5.91 Å². The Labute approximate surface area is 198 Å². The van der Waals surface area contributed by atoms with Gasteiger partial charge in [0.1, 0.15) is 5.82 Å². The lowest BCUT2D eigenvalue weighted by molar-refractivity contribution is -0.113. The van der Waals surface area contributed by atoms with Gasteiger partial charge in [0.15, 0.2) is 11.0 Å². The predicted octanol–water partition coefficient (Wildman–Crippen LogP) is 4.97. The average Bonchev–Trinajstić information content (AvgIpc) is 3.18. The lowest BCUT2D eigenvalue weighted by Crippen LogP contribution is -2.28. The third-order valence-electron chi connectivity index (χ3n) is 4.44. The summed E-state index contributed by atoms with van der Waals surface area (Å²) in [5, 5.41) is 14.9. The van der Waals surface area contributed by atoms with Crippen molar-refractivity contribution in [3.63, 3.8) is 0 Å². The van der Waals surface area contributed by atoms with E-state index in [1.807, 2.05) is 18.4 Å². The summed E-state index contributed by atoms with van der Waals surface area (Å²) in [5.41, 5.74) is 0.883. The molecule has 0 saturated carbocycles. The van der Waals surface area contributed by atoms with Crippen molar-refractivity contribution >= 4 is 52.5 Å². The first-order valence-corrected chi connectivity index (χ1v) is 11.4. The summed E-state index contributed by atoms with van der Waals surface area (Å²) in [5.74, 6) is -0.471. The van der Waals surface area contributed by atoms with Gasteiger partial charge in [-0.05, 0) is 56.3 Å². The molecule has 0 saturated heterocycles.